The minimum absolute atomic E-state index is 0.349. The van der Waals surface area contributed by atoms with E-state index in [0.717, 1.165) is 25.9 Å². The van der Waals surface area contributed by atoms with E-state index in [-0.39, 0.29) is 11.7 Å². The summed E-state index contributed by atoms with van der Waals surface area (Å²) in [5.41, 5.74) is 1.30. The van der Waals surface area contributed by atoms with Crippen molar-refractivity contribution < 1.29 is 9.18 Å². The summed E-state index contributed by atoms with van der Waals surface area (Å²) in [6.07, 6.45) is 5.29. The lowest BCUT2D eigenvalue weighted by Gasteiger charge is -2.14. The van der Waals surface area contributed by atoms with Crippen molar-refractivity contribution in [2.24, 2.45) is 0 Å². The van der Waals surface area contributed by atoms with Gasteiger partial charge in [-0.25, -0.2) is 14.4 Å². The van der Waals surface area contributed by atoms with Gasteiger partial charge >= 0.3 is 0 Å². The van der Waals surface area contributed by atoms with Crippen LogP contribution in [0.5, 0.6) is 0 Å². The van der Waals surface area contributed by atoms with Crippen LogP contribution in [-0.2, 0) is 0 Å². The van der Waals surface area contributed by atoms with Gasteiger partial charge in [-0.2, -0.15) is 0 Å². The smallest absolute Gasteiger partial charge is 0.258 e. The predicted molar refractivity (Wildman–Crippen MR) is 82.6 cm³/mol. The maximum atomic E-state index is 13.5. The van der Waals surface area contributed by atoms with Crippen molar-refractivity contribution in [2.75, 3.05) is 23.3 Å². The third-order valence-corrected chi connectivity index (χ3v) is 3.72. The average Bonchev–Trinajstić information content (AvgIpc) is 3.05. The van der Waals surface area contributed by atoms with Crippen molar-refractivity contribution in [3.8, 4) is 0 Å². The second-order valence-corrected chi connectivity index (χ2v) is 5.38. The highest BCUT2D eigenvalue weighted by Gasteiger charge is 2.15. The molecule has 114 valence electrons. The third kappa shape index (κ3) is 3.05. The van der Waals surface area contributed by atoms with Gasteiger partial charge in [0.2, 0.25) is 5.95 Å². The number of nitrogens with one attached hydrogen (secondary N) is 1. The number of anilines is 2. The van der Waals surface area contributed by atoms with Crippen LogP contribution in [0, 0.1) is 12.7 Å². The summed E-state index contributed by atoms with van der Waals surface area (Å²) in [5, 5.41) is 2.64. The van der Waals surface area contributed by atoms with E-state index < -0.39 is 0 Å². The molecular weight excluding hydrogens is 283 g/mol. The molecule has 1 amide bonds. The number of rotatable bonds is 3. The number of carbonyl (C=O) groups excluding carboxylic acids is 1. The van der Waals surface area contributed by atoms with Crippen LogP contribution in [0.15, 0.2) is 30.6 Å². The zero-order valence-electron chi connectivity index (χ0n) is 12.3. The molecule has 0 spiro atoms. The van der Waals surface area contributed by atoms with E-state index in [1.54, 1.807) is 19.1 Å². The van der Waals surface area contributed by atoms with E-state index in [1.165, 1.54) is 18.5 Å². The molecule has 1 aliphatic rings. The SMILES string of the molecule is Cc1ccc(NC(=O)c2cnc(N3CCCC3)nc2)cc1F. The molecule has 1 aliphatic heterocycles. The Morgan fingerprint density at radius 2 is 1.91 bits per heavy atom. The number of amides is 1. The fourth-order valence-electron chi connectivity index (χ4n) is 2.39. The van der Waals surface area contributed by atoms with Crippen LogP contribution in [-0.4, -0.2) is 29.0 Å². The highest BCUT2D eigenvalue weighted by Crippen LogP contribution is 2.16. The first kappa shape index (κ1) is 14.4. The molecule has 22 heavy (non-hydrogen) atoms. The maximum absolute atomic E-state index is 13.5. The zero-order valence-corrected chi connectivity index (χ0v) is 12.3. The first-order valence-corrected chi connectivity index (χ1v) is 7.28. The Hall–Kier alpha value is -2.50. The van der Waals surface area contributed by atoms with Gasteiger partial charge in [0.15, 0.2) is 0 Å². The van der Waals surface area contributed by atoms with E-state index >= 15 is 0 Å². The first-order chi connectivity index (χ1) is 10.6. The molecule has 1 N–H and O–H groups in total. The molecule has 3 rings (SSSR count). The van der Waals surface area contributed by atoms with E-state index in [0.29, 0.717) is 22.8 Å². The van der Waals surface area contributed by atoms with Crippen molar-refractivity contribution in [1.82, 2.24) is 9.97 Å². The molecule has 1 fully saturated rings. The molecule has 0 atom stereocenters. The van der Waals surface area contributed by atoms with E-state index in [1.807, 2.05) is 0 Å². The molecule has 1 aromatic heterocycles. The summed E-state index contributed by atoms with van der Waals surface area (Å²) < 4.78 is 13.5. The molecule has 2 heterocycles. The summed E-state index contributed by atoms with van der Waals surface area (Å²) in [5.74, 6) is -0.0508. The number of carbonyl (C=O) groups is 1. The van der Waals surface area contributed by atoms with E-state index in [2.05, 4.69) is 20.2 Å². The van der Waals surface area contributed by atoms with Crippen molar-refractivity contribution in [1.29, 1.82) is 0 Å². The lowest BCUT2D eigenvalue weighted by molar-refractivity contribution is 0.102. The highest BCUT2D eigenvalue weighted by atomic mass is 19.1. The van der Waals surface area contributed by atoms with Crippen molar-refractivity contribution in [3.63, 3.8) is 0 Å². The largest absolute Gasteiger partial charge is 0.341 e. The fraction of sp³-hybridized carbons (Fsp3) is 0.312. The van der Waals surface area contributed by atoms with Gasteiger partial charge in [-0.15, -0.1) is 0 Å². The number of hydrogen-bond acceptors (Lipinski definition) is 4. The van der Waals surface area contributed by atoms with Gasteiger partial charge in [-0.3, -0.25) is 4.79 Å². The molecule has 0 saturated carbocycles. The van der Waals surface area contributed by atoms with Crippen molar-refractivity contribution >= 4 is 17.5 Å². The fourth-order valence-corrected chi connectivity index (χ4v) is 2.39. The summed E-state index contributed by atoms with van der Waals surface area (Å²) in [4.78, 5) is 22.7. The molecule has 1 aromatic carbocycles. The molecule has 1 saturated heterocycles. The molecule has 0 unspecified atom stereocenters. The van der Waals surface area contributed by atoms with E-state index in [9.17, 15) is 9.18 Å². The van der Waals surface area contributed by atoms with Crippen LogP contribution < -0.4 is 10.2 Å². The number of nitrogens with zero attached hydrogens (tertiary/aromatic N) is 3. The average molecular weight is 300 g/mol. The molecule has 0 bridgehead atoms. The number of halogens is 1. The van der Waals surface area contributed by atoms with Crippen LogP contribution in [0.2, 0.25) is 0 Å². The molecule has 0 aliphatic carbocycles. The molecule has 2 aromatic rings. The Balaban J connectivity index is 1.70. The monoisotopic (exact) mass is 300 g/mol. The second-order valence-electron chi connectivity index (χ2n) is 5.38. The molecule has 6 heteroatoms. The van der Waals surface area contributed by atoms with Crippen LogP contribution >= 0.6 is 0 Å². The first-order valence-electron chi connectivity index (χ1n) is 7.28. The number of hydrogen-bond donors (Lipinski definition) is 1. The molecule has 0 radical (unpaired) electrons. The predicted octanol–water partition coefficient (Wildman–Crippen LogP) is 2.78. The second kappa shape index (κ2) is 6.09. The Morgan fingerprint density at radius 1 is 1.23 bits per heavy atom. The summed E-state index contributed by atoms with van der Waals surface area (Å²) >= 11 is 0. The van der Waals surface area contributed by atoms with E-state index in [4.69, 9.17) is 0 Å². The lowest BCUT2D eigenvalue weighted by Crippen LogP contribution is -2.21. The normalized spacial score (nSPS) is 14.2. The standard InChI is InChI=1S/C16H17FN4O/c1-11-4-5-13(8-14(11)17)20-15(22)12-9-18-16(19-10-12)21-6-2-3-7-21/h4-5,8-10H,2-3,6-7H2,1H3,(H,20,22). The summed E-state index contributed by atoms with van der Waals surface area (Å²) in [6.45, 7) is 3.58. The lowest BCUT2D eigenvalue weighted by atomic mass is 10.2. The summed E-state index contributed by atoms with van der Waals surface area (Å²) in [6, 6.07) is 4.58. The van der Waals surface area contributed by atoms with Gasteiger partial charge in [0, 0.05) is 31.2 Å². The van der Waals surface area contributed by atoms with Gasteiger partial charge in [0.25, 0.3) is 5.91 Å². The highest BCUT2D eigenvalue weighted by molar-refractivity contribution is 6.03. The Morgan fingerprint density at radius 3 is 2.55 bits per heavy atom. The Kier molecular flexibility index (Phi) is 4.00. The van der Waals surface area contributed by atoms with Crippen LogP contribution in [0.3, 0.4) is 0 Å². The third-order valence-electron chi connectivity index (χ3n) is 3.72. The van der Waals surface area contributed by atoms with Gasteiger partial charge in [-0.05, 0) is 37.5 Å². The number of aryl methyl sites for hydroxylation is 1. The van der Waals surface area contributed by atoms with Gasteiger partial charge in [-0.1, -0.05) is 6.07 Å². The summed E-state index contributed by atoms with van der Waals surface area (Å²) in [7, 11) is 0. The van der Waals surface area contributed by atoms with Crippen molar-refractivity contribution in [2.45, 2.75) is 19.8 Å². The van der Waals surface area contributed by atoms with Gasteiger partial charge in [0.1, 0.15) is 5.82 Å². The van der Waals surface area contributed by atoms with Crippen molar-refractivity contribution in [3.05, 3.63) is 47.5 Å². The zero-order chi connectivity index (χ0) is 15.5. The van der Waals surface area contributed by atoms with Gasteiger partial charge < -0.3 is 10.2 Å². The topological polar surface area (TPSA) is 58.1 Å². The van der Waals surface area contributed by atoms with Crippen LogP contribution in [0.25, 0.3) is 0 Å². The quantitative estimate of drug-likeness (QED) is 0.947. The maximum Gasteiger partial charge on any atom is 0.258 e. The number of aromatic nitrogens is 2. The Labute approximate surface area is 128 Å². The van der Waals surface area contributed by atoms with Crippen LogP contribution in [0.4, 0.5) is 16.0 Å². The van der Waals surface area contributed by atoms with Gasteiger partial charge in [0.05, 0.1) is 5.56 Å². The number of benzene rings is 1. The Bertz CT molecular complexity index is 681. The van der Waals surface area contributed by atoms with Crippen LogP contribution in [0.1, 0.15) is 28.8 Å². The minimum Gasteiger partial charge on any atom is -0.341 e. The molecule has 5 nitrogen and oxygen atoms in total. The molecular formula is C16H17FN4O. The minimum atomic E-state index is -0.351.